The van der Waals surface area contributed by atoms with Crippen LogP contribution in [0.3, 0.4) is 0 Å². The van der Waals surface area contributed by atoms with Crippen LogP contribution in [0.15, 0.2) is 18.2 Å². The number of hydrogen-bond acceptors (Lipinski definition) is 4. The molecule has 0 aliphatic heterocycles. The van der Waals surface area contributed by atoms with Crippen LogP contribution in [0, 0.1) is 0 Å². The van der Waals surface area contributed by atoms with Gasteiger partial charge in [-0.3, -0.25) is 4.55 Å². The van der Waals surface area contributed by atoms with E-state index in [-0.39, 0.29) is 11.3 Å². The molecule has 0 aliphatic carbocycles. The average Bonchev–Trinajstić information content (AvgIpc) is 1.94. The van der Waals surface area contributed by atoms with Crippen LogP contribution in [-0.2, 0) is 15.9 Å². The molecular weight excluding hydrogens is 196 g/mol. The van der Waals surface area contributed by atoms with Gasteiger partial charge in [-0.1, -0.05) is 6.07 Å². The van der Waals surface area contributed by atoms with E-state index in [1.54, 1.807) is 0 Å². The summed E-state index contributed by atoms with van der Waals surface area (Å²) in [4.78, 5) is 0. The first kappa shape index (κ1) is 9.82. The van der Waals surface area contributed by atoms with Crippen molar-refractivity contribution in [3.8, 4) is 11.5 Å². The first-order valence-electron chi connectivity index (χ1n) is 3.34. The molecule has 0 amide bonds. The van der Waals surface area contributed by atoms with Crippen molar-refractivity contribution in [1.29, 1.82) is 0 Å². The van der Waals surface area contributed by atoms with E-state index in [9.17, 15) is 8.42 Å². The van der Waals surface area contributed by atoms with Gasteiger partial charge in [-0.25, -0.2) is 0 Å². The lowest BCUT2D eigenvalue weighted by Gasteiger charge is -2.00. The van der Waals surface area contributed by atoms with Gasteiger partial charge in [0.2, 0.25) is 0 Å². The van der Waals surface area contributed by atoms with E-state index < -0.39 is 21.6 Å². The van der Waals surface area contributed by atoms with Crippen molar-refractivity contribution in [2.24, 2.45) is 0 Å². The predicted molar refractivity (Wildman–Crippen MR) is 45.0 cm³/mol. The predicted octanol–water partition coefficient (Wildman–Crippen LogP) is 0.486. The maximum atomic E-state index is 10.4. The summed E-state index contributed by atoms with van der Waals surface area (Å²) < 4.78 is 29.3. The quantitative estimate of drug-likeness (QED) is 0.481. The molecule has 0 aliphatic rings. The van der Waals surface area contributed by atoms with E-state index in [1.165, 1.54) is 6.07 Å². The molecule has 0 spiro atoms. The summed E-state index contributed by atoms with van der Waals surface area (Å²) >= 11 is 0. The van der Waals surface area contributed by atoms with Crippen LogP contribution in [0.4, 0.5) is 0 Å². The van der Waals surface area contributed by atoms with Crippen LogP contribution in [-0.4, -0.2) is 23.2 Å². The maximum absolute atomic E-state index is 10.4. The molecule has 1 rings (SSSR count). The van der Waals surface area contributed by atoms with Gasteiger partial charge in [-0.2, -0.15) is 8.42 Å². The summed E-state index contributed by atoms with van der Waals surface area (Å²) in [5.41, 5.74) is 0.206. The summed E-state index contributed by atoms with van der Waals surface area (Å²) in [6, 6.07) is 3.52. The fraction of sp³-hybridized carbons (Fsp3) is 0.143. The SMILES string of the molecule is O=S(=O)(O)Cc1ccc(O)c(O)c1. The van der Waals surface area contributed by atoms with Gasteiger partial charge in [0.25, 0.3) is 10.1 Å². The Morgan fingerprint density at radius 1 is 1.15 bits per heavy atom. The molecule has 0 bridgehead atoms. The van der Waals surface area contributed by atoms with Crippen LogP contribution in [0.2, 0.25) is 0 Å². The van der Waals surface area contributed by atoms with Crippen LogP contribution in [0.25, 0.3) is 0 Å². The van der Waals surface area contributed by atoms with Crippen LogP contribution in [0.1, 0.15) is 5.56 Å². The topological polar surface area (TPSA) is 94.8 Å². The van der Waals surface area contributed by atoms with Crippen LogP contribution >= 0.6 is 0 Å². The van der Waals surface area contributed by atoms with Gasteiger partial charge in [-0.15, -0.1) is 0 Å². The van der Waals surface area contributed by atoms with Crippen molar-refractivity contribution in [3.63, 3.8) is 0 Å². The largest absolute Gasteiger partial charge is 0.504 e. The van der Waals surface area contributed by atoms with Crippen LogP contribution < -0.4 is 0 Å². The molecule has 1 aromatic carbocycles. The third-order valence-corrected chi connectivity index (χ3v) is 2.09. The molecule has 0 saturated heterocycles. The second-order valence-corrected chi connectivity index (χ2v) is 4.00. The standard InChI is InChI=1S/C7H8O5S/c8-6-2-1-5(3-7(6)9)4-13(10,11)12/h1-3,8-9H,4H2,(H,10,11,12). The molecule has 0 unspecified atom stereocenters. The highest BCUT2D eigenvalue weighted by Crippen LogP contribution is 2.25. The Hall–Kier alpha value is -1.27. The van der Waals surface area contributed by atoms with Gasteiger partial charge in [0.1, 0.15) is 5.75 Å². The van der Waals surface area contributed by atoms with E-state index >= 15 is 0 Å². The third kappa shape index (κ3) is 2.92. The highest BCUT2D eigenvalue weighted by atomic mass is 32.2. The lowest BCUT2D eigenvalue weighted by molar-refractivity contribution is 0.403. The first-order chi connectivity index (χ1) is 5.88. The summed E-state index contributed by atoms with van der Waals surface area (Å²) in [6.45, 7) is 0. The van der Waals surface area contributed by atoms with E-state index in [0.717, 1.165) is 12.1 Å². The highest BCUT2D eigenvalue weighted by molar-refractivity contribution is 7.85. The Morgan fingerprint density at radius 2 is 1.77 bits per heavy atom. The van der Waals surface area contributed by atoms with E-state index in [2.05, 4.69) is 0 Å². The lowest BCUT2D eigenvalue weighted by atomic mass is 10.2. The molecule has 13 heavy (non-hydrogen) atoms. The molecule has 3 N–H and O–H groups in total. The van der Waals surface area contributed by atoms with Gasteiger partial charge in [-0.05, 0) is 17.7 Å². The molecule has 0 heterocycles. The average molecular weight is 204 g/mol. The van der Waals surface area contributed by atoms with Gasteiger partial charge < -0.3 is 10.2 Å². The Labute approximate surface area is 75.0 Å². The van der Waals surface area contributed by atoms with Gasteiger partial charge in [0, 0.05) is 0 Å². The molecule has 0 fully saturated rings. The zero-order valence-corrected chi connectivity index (χ0v) is 7.32. The van der Waals surface area contributed by atoms with Crippen molar-refractivity contribution < 1.29 is 23.2 Å². The third-order valence-electron chi connectivity index (χ3n) is 1.39. The Kier molecular flexibility index (Phi) is 2.44. The van der Waals surface area contributed by atoms with Crippen molar-refractivity contribution in [2.45, 2.75) is 5.75 Å². The molecule has 1 aromatic rings. The molecular formula is C7H8O5S. The number of hydrogen-bond donors (Lipinski definition) is 3. The zero-order valence-electron chi connectivity index (χ0n) is 6.51. The number of phenols is 2. The summed E-state index contributed by atoms with van der Waals surface area (Å²) in [5.74, 6) is -1.33. The van der Waals surface area contributed by atoms with Crippen molar-refractivity contribution >= 4 is 10.1 Å². The van der Waals surface area contributed by atoms with Crippen molar-refractivity contribution in [3.05, 3.63) is 23.8 Å². The molecule has 0 atom stereocenters. The normalized spacial score (nSPS) is 11.5. The monoisotopic (exact) mass is 204 g/mol. The Balaban J connectivity index is 2.99. The smallest absolute Gasteiger partial charge is 0.269 e. The fourth-order valence-electron chi connectivity index (χ4n) is 0.869. The van der Waals surface area contributed by atoms with E-state index in [1.807, 2.05) is 0 Å². The zero-order chi connectivity index (χ0) is 10.1. The molecule has 0 aromatic heterocycles. The van der Waals surface area contributed by atoms with Gasteiger partial charge in [0.15, 0.2) is 11.5 Å². The summed E-state index contributed by atoms with van der Waals surface area (Å²) in [7, 11) is -4.10. The minimum atomic E-state index is -4.10. The van der Waals surface area contributed by atoms with Gasteiger partial charge in [0.05, 0.1) is 0 Å². The molecule has 72 valence electrons. The fourth-order valence-corrected chi connectivity index (χ4v) is 1.47. The number of rotatable bonds is 2. The molecule has 5 nitrogen and oxygen atoms in total. The maximum Gasteiger partial charge on any atom is 0.269 e. The lowest BCUT2D eigenvalue weighted by Crippen LogP contribution is -2.00. The Morgan fingerprint density at radius 3 is 2.23 bits per heavy atom. The molecule has 0 saturated carbocycles. The summed E-state index contributed by atoms with van der Waals surface area (Å²) in [5, 5.41) is 17.9. The molecule has 0 radical (unpaired) electrons. The summed E-state index contributed by atoms with van der Waals surface area (Å²) in [6.07, 6.45) is 0. The van der Waals surface area contributed by atoms with Crippen LogP contribution in [0.5, 0.6) is 11.5 Å². The van der Waals surface area contributed by atoms with E-state index in [4.69, 9.17) is 14.8 Å². The highest BCUT2D eigenvalue weighted by Gasteiger charge is 2.08. The Bertz CT molecular complexity index is 409. The minimum absolute atomic E-state index is 0.206. The number of benzene rings is 1. The number of aromatic hydroxyl groups is 2. The van der Waals surface area contributed by atoms with Crippen molar-refractivity contribution in [2.75, 3.05) is 0 Å². The van der Waals surface area contributed by atoms with Crippen molar-refractivity contribution in [1.82, 2.24) is 0 Å². The number of phenolic OH excluding ortho intramolecular Hbond substituents is 2. The van der Waals surface area contributed by atoms with Gasteiger partial charge >= 0.3 is 0 Å². The minimum Gasteiger partial charge on any atom is -0.504 e. The second-order valence-electron chi connectivity index (χ2n) is 2.55. The molecule has 6 heteroatoms. The first-order valence-corrected chi connectivity index (χ1v) is 4.95. The second kappa shape index (κ2) is 3.23. The van der Waals surface area contributed by atoms with E-state index in [0.29, 0.717) is 0 Å².